The van der Waals surface area contributed by atoms with Crippen LogP contribution in [-0.2, 0) is 11.3 Å². The Balaban J connectivity index is 1.68. The Morgan fingerprint density at radius 2 is 1.88 bits per heavy atom. The average molecular weight is 321 g/mol. The van der Waals surface area contributed by atoms with E-state index in [0.717, 1.165) is 45.0 Å². The summed E-state index contributed by atoms with van der Waals surface area (Å²) in [5, 5.41) is 12.7. The topological polar surface area (TPSA) is 48.3 Å². The molecule has 2 aromatic carbocycles. The fourth-order valence-corrected chi connectivity index (χ4v) is 3.01. The van der Waals surface area contributed by atoms with E-state index in [9.17, 15) is 0 Å². The zero-order valence-corrected chi connectivity index (χ0v) is 13.8. The van der Waals surface area contributed by atoms with Crippen molar-refractivity contribution in [3.63, 3.8) is 0 Å². The second-order valence-electron chi connectivity index (χ2n) is 6.07. The third-order valence-electron chi connectivity index (χ3n) is 4.36. The normalized spacial score (nSPS) is 16.5. The van der Waals surface area contributed by atoms with E-state index in [-0.39, 0.29) is 6.04 Å². The standard InChI is InChI=1S/C20H23N3O/c21-14-17-5-4-6-18(13-17)15-22-20(19-7-2-1-3-8-19)16-23-9-11-24-12-10-23/h1-8,13,20,22H,9-12,15-16H2. The van der Waals surface area contributed by atoms with Gasteiger partial charge in [-0.3, -0.25) is 4.90 Å². The van der Waals surface area contributed by atoms with Gasteiger partial charge in [0.2, 0.25) is 0 Å². The monoisotopic (exact) mass is 321 g/mol. The molecule has 24 heavy (non-hydrogen) atoms. The Bertz CT molecular complexity index is 675. The van der Waals surface area contributed by atoms with Gasteiger partial charge in [0.1, 0.15) is 0 Å². The number of morpholine rings is 1. The van der Waals surface area contributed by atoms with Crippen LogP contribution in [0, 0.1) is 11.3 Å². The Morgan fingerprint density at radius 3 is 2.62 bits per heavy atom. The summed E-state index contributed by atoms with van der Waals surface area (Å²) in [5.74, 6) is 0. The fourth-order valence-electron chi connectivity index (χ4n) is 3.01. The molecule has 1 aliphatic heterocycles. The van der Waals surface area contributed by atoms with E-state index in [1.54, 1.807) is 0 Å². The first-order chi connectivity index (χ1) is 11.8. The molecule has 0 radical (unpaired) electrons. The second-order valence-corrected chi connectivity index (χ2v) is 6.07. The lowest BCUT2D eigenvalue weighted by molar-refractivity contribution is 0.0333. The van der Waals surface area contributed by atoms with Crippen LogP contribution >= 0.6 is 0 Å². The molecule has 1 fully saturated rings. The van der Waals surface area contributed by atoms with Crippen molar-refractivity contribution in [1.82, 2.24) is 10.2 Å². The number of nitrogens with one attached hydrogen (secondary N) is 1. The molecular formula is C20H23N3O. The summed E-state index contributed by atoms with van der Waals surface area (Å²) in [6, 6.07) is 20.8. The zero-order valence-electron chi connectivity index (χ0n) is 13.8. The summed E-state index contributed by atoms with van der Waals surface area (Å²) in [6.45, 7) is 5.30. The molecule has 0 bridgehead atoms. The number of hydrogen-bond donors (Lipinski definition) is 1. The molecule has 0 aromatic heterocycles. The molecule has 1 unspecified atom stereocenters. The summed E-state index contributed by atoms with van der Waals surface area (Å²) in [6.07, 6.45) is 0. The molecular weight excluding hydrogens is 298 g/mol. The smallest absolute Gasteiger partial charge is 0.0991 e. The summed E-state index contributed by atoms with van der Waals surface area (Å²) in [4.78, 5) is 2.44. The molecule has 1 atom stereocenters. The van der Waals surface area contributed by atoms with Crippen molar-refractivity contribution in [2.24, 2.45) is 0 Å². The molecule has 1 saturated heterocycles. The van der Waals surface area contributed by atoms with Gasteiger partial charge in [-0.05, 0) is 23.3 Å². The summed E-state index contributed by atoms with van der Waals surface area (Å²) in [5.41, 5.74) is 3.14. The van der Waals surface area contributed by atoms with Crippen molar-refractivity contribution in [1.29, 1.82) is 5.26 Å². The molecule has 4 nitrogen and oxygen atoms in total. The van der Waals surface area contributed by atoms with Crippen LogP contribution < -0.4 is 5.32 Å². The SMILES string of the molecule is N#Cc1cccc(CNC(CN2CCOCC2)c2ccccc2)c1. The van der Waals surface area contributed by atoms with Crippen LogP contribution in [0.25, 0.3) is 0 Å². The van der Waals surface area contributed by atoms with Crippen LogP contribution in [0.3, 0.4) is 0 Å². The Kier molecular flexibility index (Phi) is 5.97. The minimum atomic E-state index is 0.259. The maximum absolute atomic E-state index is 9.04. The average Bonchev–Trinajstić information content (AvgIpc) is 2.67. The summed E-state index contributed by atoms with van der Waals surface area (Å²) >= 11 is 0. The van der Waals surface area contributed by atoms with Crippen molar-refractivity contribution in [2.75, 3.05) is 32.8 Å². The van der Waals surface area contributed by atoms with E-state index in [2.05, 4.69) is 46.6 Å². The van der Waals surface area contributed by atoms with Crippen molar-refractivity contribution in [3.8, 4) is 6.07 Å². The van der Waals surface area contributed by atoms with Gasteiger partial charge in [0.25, 0.3) is 0 Å². The molecule has 0 spiro atoms. The van der Waals surface area contributed by atoms with Gasteiger partial charge >= 0.3 is 0 Å². The molecule has 1 aliphatic rings. The Hall–Kier alpha value is -2.19. The van der Waals surface area contributed by atoms with Crippen molar-refractivity contribution >= 4 is 0 Å². The van der Waals surface area contributed by atoms with Gasteiger partial charge in [0.05, 0.1) is 24.8 Å². The molecule has 3 rings (SSSR count). The maximum Gasteiger partial charge on any atom is 0.0991 e. The Morgan fingerprint density at radius 1 is 1.08 bits per heavy atom. The van der Waals surface area contributed by atoms with Gasteiger partial charge in [0.15, 0.2) is 0 Å². The van der Waals surface area contributed by atoms with Crippen molar-refractivity contribution in [3.05, 3.63) is 71.3 Å². The van der Waals surface area contributed by atoms with Gasteiger partial charge in [0, 0.05) is 32.2 Å². The molecule has 1 N–H and O–H groups in total. The van der Waals surface area contributed by atoms with Gasteiger partial charge in [-0.1, -0.05) is 42.5 Å². The van der Waals surface area contributed by atoms with Gasteiger partial charge in [-0.2, -0.15) is 5.26 Å². The predicted octanol–water partition coefficient (Wildman–Crippen LogP) is 2.72. The fraction of sp³-hybridized carbons (Fsp3) is 0.350. The molecule has 0 amide bonds. The van der Waals surface area contributed by atoms with E-state index < -0.39 is 0 Å². The molecule has 124 valence electrons. The van der Waals surface area contributed by atoms with E-state index >= 15 is 0 Å². The summed E-state index contributed by atoms with van der Waals surface area (Å²) < 4.78 is 5.45. The molecule has 0 aliphatic carbocycles. The van der Waals surface area contributed by atoms with E-state index in [0.29, 0.717) is 5.56 Å². The summed E-state index contributed by atoms with van der Waals surface area (Å²) in [7, 11) is 0. The predicted molar refractivity (Wildman–Crippen MR) is 94.4 cm³/mol. The molecule has 4 heteroatoms. The number of nitriles is 1. The quantitative estimate of drug-likeness (QED) is 0.889. The maximum atomic E-state index is 9.04. The highest BCUT2D eigenvalue weighted by molar-refractivity contribution is 5.32. The number of nitrogens with zero attached hydrogens (tertiary/aromatic N) is 2. The van der Waals surface area contributed by atoms with E-state index in [1.807, 2.05) is 24.3 Å². The molecule has 1 heterocycles. The Labute approximate surface area is 143 Å². The number of benzene rings is 2. The molecule has 2 aromatic rings. The zero-order chi connectivity index (χ0) is 16.6. The van der Waals surface area contributed by atoms with E-state index in [1.165, 1.54) is 5.56 Å². The lowest BCUT2D eigenvalue weighted by Crippen LogP contribution is -2.41. The van der Waals surface area contributed by atoms with Gasteiger partial charge in [-0.15, -0.1) is 0 Å². The van der Waals surface area contributed by atoms with Gasteiger partial charge < -0.3 is 10.1 Å². The van der Waals surface area contributed by atoms with Crippen LogP contribution in [0.4, 0.5) is 0 Å². The highest BCUT2D eigenvalue weighted by Gasteiger charge is 2.17. The van der Waals surface area contributed by atoms with Crippen molar-refractivity contribution in [2.45, 2.75) is 12.6 Å². The van der Waals surface area contributed by atoms with Crippen LogP contribution in [0.15, 0.2) is 54.6 Å². The lowest BCUT2D eigenvalue weighted by atomic mass is 10.1. The van der Waals surface area contributed by atoms with Gasteiger partial charge in [-0.25, -0.2) is 0 Å². The van der Waals surface area contributed by atoms with Crippen LogP contribution in [0.1, 0.15) is 22.7 Å². The van der Waals surface area contributed by atoms with Crippen LogP contribution in [0.2, 0.25) is 0 Å². The number of ether oxygens (including phenoxy) is 1. The van der Waals surface area contributed by atoms with Crippen molar-refractivity contribution < 1.29 is 4.74 Å². The first kappa shape index (κ1) is 16.7. The largest absolute Gasteiger partial charge is 0.379 e. The lowest BCUT2D eigenvalue weighted by Gasteiger charge is -2.31. The highest BCUT2D eigenvalue weighted by Crippen LogP contribution is 2.16. The third kappa shape index (κ3) is 4.65. The minimum absolute atomic E-state index is 0.259. The first-order valence-electron chi connectivity index (χ1n) is 8.42. The third-order valence-corrected chi connectivity index (χ3v) is 4.36. The first-order valence-corrected chi connectivity index (χ1v) is 8.42. The minimum Gasteiger partial charge on any atom is -0.379 e. The number of rotatable bonds is 6. The second kappa shape index (κ2) is 8.60. The van der Waals surface area contributed by atoms with E-state index in [4.69, 9.17) is 10.00 Å². The number of hydrogen-bond acceptors (Lipinski definition) is 4. The molecule has 0 saturated carbocycles. The van der Waals surface area contributed by atoms with Crippen LogP contribution in [0.5, 0.6) is 0 Å². The highest BCUT2D eigenvalue weighted by atomic mass is 16.5. The van der Waals surface area contributed by atoms with Crippen LogP contribution in [-0.4, -0.2) is 37.7 Å².